The molecule has 0 saturated carbocycles. The van der Waals surface area contributed by atoms with E-state index in [0.29, 0.717) is 0 Å². The van der Waals surface area contributed by atoms with Crippen molar-refractivity contribution in [1.29, 1.82) is 0 Å². The molecule has 0 N–H and O–H groups in total. The molecule has 0 fully saturated rings. The lowest BCUT2D eigenvalue weighted by atomic mass is 10.0. The zero-order valence-electron chi connectivity index (χ0n) is 67.3. The van der Waals surface area contributed by atoms with E-state index in [4.69, 9.17) is 0 Å². The lowest BCUT2D eigenvalue weighted by Crippen LogP contribution is -2.09. The van der Waals surface area contributed by atoms with Crippen molar-refractivity contribution in [1.82, 2.24) is 0 Å². The lowest BCUT2D eigenvalue weighted by Gasteiger charge is -2.22. The van der Waals surface area contributed by atoms with Crippen molar-refractivity contribution < 1.29 is 0 Å². The minimum Gasteiger partial charge on any atom is -0.345 e. The molecule has 0 atom stereocenters. The Kier molecular flexibility index (Phi) is 24.0. The van der Waals surface area contributed by atoms with Crippen LogP contribution in [0.4, 0.5) is 56.9 Å². The third-order valence-electron chi connectivity index (χ3n) is 22.1. The van der Waals surface area contributed by atoms with Gasteiger partial charge in [-0.1, -0.05) is 364 Å². The molecule has 0 amide bonds. The summed E-state index contributed by atoms with van der Waals surface area (Å²) in [6.07, 6.45) is 0. The molecule has 118 heavy (non-hydrogen) atoms. The smallest absolute Gasteiger partial charge is 0.0487 e. The fraction of sp³-hybridized carbons (Fsp3) is 0.0442. The van der Waals surface area contributed by atoms with Gasteiger partial charge in [-0.15, -0.1) is 0 Å². The number of hydrogen-bond acceptors (Lipinski definition) is 5. The highest BCUT2D eigenvalue weighted by Gasteiger charge is 2.14. The molecule has 20 rings (SSSR count). The van der Waals surface area contributed by atoms with Crippen LogP contribution in [0.5, 0.6) is 0 Å². The summed E-state index contributed by atoms with van der Waals surface area (Å²) in [6, 6.07) is 167. The minimum absolute atomic E-state index is 1.19. The largest absolute Gasteiger partial charge is 0.345 e. The van der Waals surface area contributed by atoms with Crippen LogP contribution in [0.15, 0.2) is 473 Å². The zero-order valence-corrected chi connectivity index (χ0v) is 67.3. The summed E-state index contributed by atoms with van der Waals surface area (Å²) in [4.78, 5) is 11.2. The van der Waals surface area contributed by atoms with Gasteiger partial charge in [0, 0.05) is 103 Å². The Balaban J connectivity index is 0.000000110. The van der Waals surface area contributed by atoms with E-state index in [9.17, 15) is 0 Å². The second-order valence-corrected chi connectivity index (χ2v) is 29.6. The maximum atomic E-state index is 2.26. The van der Waals surface area contributed by atoms with Gasteiger partial charge in [0.2, 0.25) is 0 Å². The van der Waals surface area contributed by atoms with Gasteiger partial charge in [0.15, 0.2) is 0 Å². The SMILES string of the molecule is CN(c1ccc(-c2ccccc2)cc1)c1ccc2ccccc2c1.CN(c1ccc(-c2ccccc2)cc1)c1cccc2ccccc12.CN(c1ccc2ccccc2c1)c1ccc2ccccc2c1.CN(c1cccc(-c2ccccc2)c1)c1ccc2ccccc2c1.CN(c1cccc(-c2ccccc2)c1)c1cccc2ccccc12. The predicted octanol–water partition coefficient (Wildman–Crippen LogP) is 30.9. The van der Waals surface area contributed by atoms with E-state index in [-0.39, 0.29) is 0 Å². The quantitative estimate of drug-likeness (QED) is 0.108. The van der Waals surface area contributed by atoms with Crippen LogP contribution in [-0.4, -0.2) is 35.2 Å². The van der Waals surface area contributed by atoms with Crippen LogP contribution in [-0.2, 0) is 0 Å². The molecule has 0 aliphatic rings. The van der Waals surface area contributed by atoms with Crippen LogP contribution in [0.1, 0.15) is 0 Å². The highest BCUT2D eigenvalue weighted by Crippen LogP contribution is 2.38. The van der Waals surface area contributed by atoms with E-state index in [1.165, 1.54) is 166 Å². The molecular formula is C113H93N5. The van der Waals surface area contributed by atoms with Crippen molar-refractivity contribution in [3.05, 3.63) is 473 Å². The number of hydrogen-bond donors (Lipinski definition) is 0. The van der Waals surface area contributed by atoms with Crippen LogP contribution in [0.3, 0.4) is 0 Å². The van der Waals surface area contributed by atoms with E-state index < -0.39 is 0 Å². The average Bonchev–Trinajstić information content (AvgIpc) is 0.803. The predicted molar refractivity (Wildman–Crippen MR) is 512 cm³/mol. The molecule has 5 heteroatoms. The molecule has 0 saturated heterocycles. The van der Waals surface area contributed by atoms with Gasteiger partial charge >= 0.3 is 0 Å². The fourth-order valence-corrected chi connectivity index (χ4v) is 15.3. The van der Waals surface area contributed by atoms with Crippen LogP contribution in [0.25, 0.3) is 109 Å². The van der Waals surface area contributed by atoms with E-state index in [1.54, 1.807) is 0 Å². The van der Waals surface area contributed by atoms with Crippen LogP contribution in [0.2, 0.25) is 0 Å². The van der Waals surface area contributed by atoms with Crippen molar-refractivity contribution >= 4 is 122 Å². The summed E-state index contributed by atoms with van der Waals surface area (Å²) in [5.74, 6) is 0. The summed E-state index contributed by atoms with van der Waals surface area (Å²) < 4.78 is 0. The monoisotopic (exact) mass is 1520 g/mol. The second kappa shape index (κ2) is 36.8. The van der Waals surface area contributed by atoms with E-state index in [2.05, 4.69) is 521 Å². The number of fused-ring (bicyclic) bond motifs is 6. The van der Waals surface area contributed by atoms with Gasteiger partial charge in [-0.25, -0.2) is 0 Å². The maximum Gasteiger partial charge on any atom is 0.0487 e. The molecule has 0 heterocycles. The van der Waals surface area contributed by atoms with Gasteiger partial charge in [0.25, 0.3) is 0 Å². The Morgan fingerprint density at radius 1 is 0.119 bits per heavy atom. The molecule has 570 valence electrons. The van der Waals surface area contributed by atoms with Gasteiger partial charge in [0.05, 0.1) is 0 Å². The summed E-state index contributed by atoms with van der Waals surface area (Å²) in [7, 11) is 10.6. The van der Waals surface area contributed by atoms with Crippen LogP contribution in [0, 0.1) is 0 Å². The lowest BCUT2D eigenvalue weighted by molar-refractivity contribution is 1.21. The van der Waals surface area contributed by atoms with Crippen molar-refractivity contribution in [2.24, 2.45) is 0 Å². The molecule has 20 aromatic carbocycles. The van der Waals surface area contributed by atoms with Gasteiger partial charge in [-0.3, -0.25) is 0 Å². The van der Waals surface area contributed by atoms with Crippen molar-refractivity contribution in [3.63, 3.8) is 0 Å². The maximum absolute atomic E-state index is 2.26. The van der Waals surface area contributed by atoms with E-state index >= 15 is 0 Å². The minimum atomic E-state index is 1.19. The van der Waals surface area contributed by atoms with E-state index in [0.717, 1.165) is 0 Å². The number of benzene rings is 20. The summed E-state index contributed by atoms with van der Waals surface area (Å²) in [6.45, 7) is 0. The Hall–Kier alpha value is -15.0. The molecule has 0 aromatic heterocycles. The Morgan fingerprint density at radius 3 is 0.653 bits per heavy atom. The Bertz CT molecular complexity index is 6610. The molecular weight excluding hydrogens is 1430 g/mol. The average molecular weight is 1520 g/mol. The Morgan fingerprint density at radius 2 is 0.322 bits per heavy atom. The molecule has 0 radical (unpaired) electrons. The van der Waals surface area contributed by atoms with Gasteiger partial charge in [-0.05, 0) is 208 Å². The molecule has 0 bridgehead atoms. The number of nitrogens with zero attached hydrogens (tertiary/aromatic N) is 5. The summed E-state index contributed by atoms with van der Waals surface area (Å²) in [5, 5.41) is 15.2. The van der Waals surface area contributed by atoms with Gasteiger partial charge in [-0.2, -0.15) is 0 Å². The molecule has 0 unspecified atom stereocenters. The highest BCUT2D eigenvalue weighted by atomic mass is 15.1. The Labute approximate surface area is 694 Å². The summed E-state index contributed by atoms with van der Waals surface area (Å²) >= 11 is 0. The topological polar surface area (TPSA) is 16.2 Å². The molecule has 0 aliphatic heterocycles. The van der Waals surface area contributed by atoms with Crippen LogP contribution >= 0.6 is 0 Å². The first kappa shape index (κ1) is 76.9. The van der Waals surface area contributed by atoms with Gasteiger partial charge in [0.1, 0.15) is 0 Å². The molecule has 5 nitrogen and oxygen atoms in total. The standard InChI is InChI=1S/4C23H19N.C21H17N/c1-24(23-16-8-12-19-11-5-6-15-22(19)23)21-14-7-13-20(17-21)18-9-3-2-4-10-18;1-24(23-13-7-11-20-10-5-6-12-22(20)23)21-16-14-19(15-17-21)18-8-3-2-4-9-18;1-24(23-15-14-19-10-5-6-11-20(19)17-23)22-13-7-12-21(16-22)18-8-3-2-4-9-18;1-24(23-16-13-19-9-5-6-10-21(19)17-23)22-14-11-20(12-15-22)18-7-3-2-4-8-18;1-22(20-12-10-16-6-2-4-8-18(16)14-20)21-13-11-17-7-3-5-9-19(17)15-21/h4*2-17H,1H3;2-15H,1H3. The third kappa shape index (κ3) is 18.3. The van der Waals surface area contributed by atoms with Crippen molar-refractivity contribution in [2.45, 2.75) is 0 Å². The first-order chi connectivity index (χ1) is 58.1. The molecule has 0 spiro atoms. The van der Waals surface area contributed by atoms with Crippen LogP contribution < -0.4 is 24.5 Å². The number of rotatable bonds is 14. The van der Waals surface area contributed by atoms with Crippen molar-refractivity contribution in [2.75, 3.05) is 59.7 Å². The zero-order chi connectivity index (χ0) is 80.4. The molecule has 20 aromatic rings. The number of anilines is 10. The van der Waals surface area contributed by atoms with E-state index in [1.807, 2.05) is 12.1 Å². The molecule has 0 aliphatic carbocycles. The third-order valence-corrected chi connectivity index (χ3v) is 22.1. The first-order valence-electron chi connectivity index (χ1n) is 40.3. The van der Waals surface area contributed by atoms with Crippen molar-refractivity contribution in [3.8, 4) is 44.5 Å². The summed E-state index contributed by atoms with van der Waals surface area (Å²) in [5.41, 5.74) is 21.9. The first-order valence-corrected chi connectivity index (χ1v) is 40.3. The van der Waals surface area contributed by atoms with Gasteiger partial charge < -0.3 is 24.5 Å². The normalized spacial score (nSPS) is 10.8. The highest BCUT2D eigenvalue weighted by molar-refractivity contribution is 5.98. The fourth-order valence-electron chi connectivity index (χ4n) is 15.3. The second-order valence-electron chi connectivity index (χ2n) is 29.6.